The second kappa shape index (κ2) is 6.45. The van der Waals surface area contributed by atoms with E-state index in [1.807, 2.05) is 0 Å². The molecule has 2 N–H and O–H groups in total. The Morgan fingerprint density at radius 2 is 2.00 bits per heavy atom. The number of benzene rings is 1. The van der Waals surface area contributed by atoms with Gasteiger partial charge in [0.05, 0.1) is 17.4 Å². The van der Waals surface area contributed by atoms with Crippen LogP contribution < -0.4 is 10.6 Å². The van der Waals surface area contributed by atoms with E-state index >= 15 is 0 Å². The van der Waals surface area contributed by atoms with Crippen LogP contribution in [-0.4, -0.2) is 35.3 Å². The third-order valence-corrected chi connectivity index (χ3v) is 4.02. The molecule has 0 radical (unpaired) electrons. The van der Waals surface area contributed by atoms with Gasteiger partial charge in [0.2, 0.25) is 0 Å². The zero-order chi connectivity index (χ0) is 17.3. The van der Waals surface area contributed by atoms with Crippen LogP contribution in [-0.2, 0) is 6.18 Å². The average Bonchev–Trinajstić information content (AvgIpc) is 2.91. The summed E-state index contributed by atoms with van der Waals surface area (Å²) >= 11 is 5.75. The lowest BCUT2D eigenvalue weighted by molar-refractivity contribution is -0.143. The van der Waals surface area contributed by atoms with Crippen molar-refractivity contribution in [2.45, 2.75) is 6.18 Å². The topological polar surface area (TPSA) is 59.0 Å². The smallest absolute Gasteiger partial charge is 0.352 e. The van der Waals surface area contributed by atoms with Gasteiger partial charge in [-0.2, -0.15) is 18.3 Å². The van der Waals surface area contributed by atoms with Crippen LogP contribution in [0.3, 0.4) is 0 Å². The summed E-state index contributed by atoms with van der Waals surface area (Å²) in [6.45, 7) is 1.82. The highest BCUT2D eigenvalue weighted by molar-refractivity contribution is 6.30. The van der Waals surface area contributed by atoms with Crippen molar-refractivity contribution in [2.24, 2.45) is 5.92 Å². The minimum atomic E-state index is -4.72. The van der Waals surface area contributed by atoms with Crippen LogP contribution >= 0.6 is 11.6 Å². The second-order valence-corrected chi connectivity index (χ2v) is 5.96. The SMILES string of the molecule is O=C(NCC1CNC1)c1cnn(-c2ccc(Cl)cc2)c1C(F)(F)F. The Morgan fingerprint density at radius 1 is 1.33 bits per heavy atom. The molecule has 24 heavy (non-hydrogen) atoms. The van der Waals surface area contributed by atoms with Crippen molar-refractivity contribution >= 4 is 17.5 Å². The summed E-state index contributed by atoms with van der Waals surface area (Å²) in [5.41, 5.74) is -1.42. The van der Waals surface area contributed by atoms with Crippen LogP contribution in [0.25, 0.3) is 5.69 Å². The summed E-state index contributed by atoms with van der Waals surface area (Å²) in [7, 11) is 0. The molecule has 1 aromatic heterocycles. The molecule has 9 heteroatoms. The maximum absolute atomic E-state index is 13.5. The van der Waals surface area contributed by atoms with Crippen molar-refractivity contribution in [1.82, 2.24) is 20.4 Å². The molecule has 1 fully saturated rings. The van der Waals surface area contributed by atoms with Crippen LogP contribution in [0.1, 0.15) is 16.1 Å². The van der Waals surface area contributed by atoms with Crippen molar-refractivity contribution in [3.8, 4) is 5.69 Å². The monoisotopic (exact) mass is 358 g/mol. The molecule has 1 aliphatic heterocycles. The molecule has 2 heterocycles. The van der Waals surface area contributed by atoms with E-state index in [-0.39, 0.29) is 11.6 Å². The molecule has 1 amide bonds. The Labute approximate surface area is 140 Å². The van der Waals surface area contributed by atoms with Gasteiger partial charge in [0.25, 0.3) is 5.91 Å². The Kier molecular flexibility index (Phi) is 4.51. The number of hydrogen-bond donors (Lipinski definition) is 2. The summed E-state index contributed by atoms with van der Waals surface area (Å²) in [6.07, 6.45) is -3.79. The number of halogens is 4. The predicted molar refractivity (Wildman–Crippen MR) is 82.3 cm³/mol. The Balaban J connectivity index is 1.91. The normalized spacial score (nSPS) is 15.2. The van der Waals surface area contributed by atoms with Crippen LogP contribution in [0, 0.1) is 5.92 Å². The van der Waals surface area contributed by atoms with Gasteiger partial charge in [-0.3, -0.25) is 4.79 Å². The quantitative estimate of drug-likeness (QED) is 0.883. The van der Waals surface area contributed by atoms with E-state index in [0.29, 0.717) is 16.2 Å². The van der Waals surface area contributed by atoms with Crippen molar-refractivity contribution in [3.63, 3.8) is 0 Å². The van der Waals surface area contributed by atoms with E-state index in [1.165, 1.54) is 24.3 Å². The van der Waals surface area contributed by atoms with E-state index in [9.17, 15) is 18.0 Å². The molecule has 0 spiro atoms. The van der Waals surface area contributed by atoms with Gasteiger partial charge in [0.15, 0.2) is 5.69 Å². The molecular formula is C15H14ClF3N4O. The lowest BCUT2D eigenvalue weighted by Gasteiger charge is -2.27. The molecule has 3 rings (SSSR count). The Bertz CT molecular complexity index is 738. The zero-order valence-corrected chi connectivity index (χ0v) is 13.2. The van der Waals surface area contributed by atoms with E-state index < -0.39 is 23.3 Å². The molecule has 1 aliphatic rings. The number of amides is 1. The summed E-state index contributed by atoms with van der Waals surface area (Å²) in [6, 6.07) is 5.74. The predicted octanol–water partition coefficient (Wildman–Crippen LogP) is 2.49. The van der Waals surface area contributed by atoms with Crippen molar-refractivity contribution in [2.75, 3.05) is 19.6 Å². The molecule has 1 saturated heterocycles. The first-order valence-electron chi connectivity index (χ1n) is 7.26. The van der Waals surface area contributed by atoms with Gasteiger partial charge >= 0.3 is 6.18 Å². The molecule has 1 aromatic carbocycles. The molecule has 0 aliphatic carbocycles. The fraction of sp³-hybridized carbons (Fsp3) is 0.333. The number of nitrogens with one attached hydrogen (secondary N) is 2. The van der Waals surface area contributed by atoms with Gasteiger partial charge in [-0.15, -0.1) is 0 Å². The lowest BCUT2D eigenvalue weighted by atomic mass is 10.0. The highest BCUT2D eigenvalue weighted by atomic mass is 35.5. The van der Waals surface area contributed by atoms with E-state index in [4.69, 9.17) is 11.6 Å². The second-order valence-electron chi connectivity index (χ2n) is 5.53. The number of carbonyl (C=O) groups excluding carboxylic acids is 1. The number of alkyl halides is 3. The zero-order valence-electron chi connectivity index (χ0n) is 12.4. The number of rotatable bonds is 4. The van der Waals surface area contributed by atoms with Gasteiger partial charge in [0.1, 0.15) is 0 Å². The molecule has 128 valence electrons. The summed E-state index contributed by atoms with van der Waals surface area (Å²) in [5.74, 6) is -0.538. The molecule has 0 bridgehead atoms. The highest BCUT2D eigenvalue weighted by Crippen LogP contribution is 2.33. The van der Waals surface area contributed by atoms with Crippen LogP contribution in [0.15, 0.2) is 30.5 Å². The Hall–Kier alpha value is -2.06. The van der Waals surface area contributed by atoms with E-state index in [1.54, 1.807) is 0 Å². The summed E-state index contributed by atoms with van der Waals surface area (Å²) in [5, 5.41) is 9.71. The molecular weight excluding hydrogens is 345 g/mol. The third kappa shape index (κ3) is 3.39. The van der Waals surface area contributed by atoms with Crippen LogP contribution in [0.5, 0.6) is 0 Å². The largest absolute Gasteiger partial charge is 0.434 e. The van der Waals surface area contributed by atoms with Crippen LogP contribution in [0.2, 0.25) is 5.02 Å². The number of nitrogens with zero attached hydrogens (tertiary/aromatic N) is 2. The van der Waals surface area contributed by atoms with Crippen molar-refractivity contribution < 1.29 is 18.0 Å². The van der Waals surface area contributed by atoms with E-state index in [2.05, 4.69) is 15.7 Å². The minimum Gasteiger partial charge on any atom is -0.352 e. The van der Waals surface area contributed by atoms with Gasteiger partial charge < -0.3 is 10.6 Å². The van der Waals surface area contributed by atoms with Crippen molar-refractivity contribution in [3.05, 3.63) is 46.7 Å². The number of hydrogen-bond acceptors (Lipinski definition) is 3. The molecule has 0 atom stereocenters. The average molecular weight is 359 g/mol. The number of aromatic nitrogens is 2. The van der Waals surface area contributed by atoms with Gasteiger partial charge in [0, 0.05) is 30.6 Å². The third-order valence-electron chi connectivity index (χ3n) is 3.77. The molecule has 2 aromatic rings. The van der Waals surface area contributed by atoms with E-state index in [0.717, 1.165) is 19.3 Å². The van der Waals surface area contributed by atoms with Crippen LogP contribution in [0.4, 0.5) is 13.2 Å². The van der Waals surface area contributed by atoms with Gasteiger partial charge in [-0.05, 0) is 24.3 Å². The van der Waals surface area contributed by atoms with Gasteiger partial charge in [-0.25, -0.2) is 4.68 Å². The fourth-order valence-corrected chi connectivity index (χ4v) is 2.52. The fourth-order valence-electron chi connectivity index (χ4n) is 2.39. The molecule has 5 nitrogen and oxygen atoms in total. The summed E-state index contributed by atoms with van der Waals surface area (Å²) in [4.78, 5) is 12.1. The van der Waals surface area contributed by atoms with Gasteiger partial charge in [-0.1, -0.05) is 11.6 Å². The number of carbonyl (C=O) groups is 1. The molecule has 0 unspecified atom stereocenters. The molecule has 0 saturated carbocycles. The van der Waals surface area contributed by atoms with Crippen molar-refractivity contribution in [1.29, 1.82) is 0 Å². The highest BCUT2D eigenvalue weighted by Gasteiger charge is 2.40. The first-order valence-corrected chi connectivity index (χ1v) is 7.64. The first kappa shape index (κ1) is 16.8. The maximum Gasteiger partial charge on any atom is 0.434 e. The lowest BCUT2D eigenvalue weighted by Crippen LogP contribution is -2.48. The minimum absolute atomic E-state index is 0.175. The Morgan fingerprint density at radius 3 is 2.54 bits per heavy atom. The first-order chi connectivity index (χ1) is 11.4. The summed E-state index contributed by atoms with van der Waals surface area (Å²) < 4.78 is 41.1. The standard InChI is InChI=1S/C15H14ClF3N4O/c16-10-1-3-11(4-2-10)23-13(15(17,18)19)12(8-22-23)14(24)21-7-9-5-20-6-9/h1-4,8-9,20H,5-7H2,(H,21,24). The maximum atomic E-state index is 13.5.